The molecule has 3 heteroatoms. The van der Waals surface area contributed by atoms with E-state index in [2.05, 4.69) is 79.3 Å². The average Bonchev–Trinajstić information content (AvgIpc) is 2.56. The first-order valence-electron chi connectivity index (χ1n) is 8.17. The lowest BCUT2D eigenvalue weighted by molar-refractivity contribution is 0.185. The SMILES string of the molecule is CCN(Cc1ccc(COC)cc1)Cc1ccc(N(C)C)cc1. The van der Waals surface area contributed by atoms with Crippen LogP contribution in [0.15, 0.2) is 48.5 Å². The van der Waals surface area contributed by atoms with Crippen LogP contribution < -0.4 is 4.90 Å². The lowest BCUT2D eigenvalue weighted by Gasteiger charge is -2.21. The van der Waals surface area contributed by atoms with Crippen molar-refractivity contribution in [1.29, 1.82) is 0 Å². The Morgan fingerprint density at radius 2 is 1.26 bits per heavy atom. The van der Waals surface area contributed by atoms with Gasteiger partial charge in [0.05, 0.1) is 6.61 Å². The van der Waals surface area contributed by atoms with E-state index in [9.17, 15) is 0 Å². The van der Waals surface area contributed by atoms with Gasteiger partial charge in [0.1, 0.15) is 0 Å². The lowest BCUT2D eigenvalue weighted by atomic mass is 10.1. The van der Waals surface area contributed by atoms with E-state index in [4.69, 9.17) is 4.74 Å². The zero-order valence-corrected chi connectivity index (χ0v) is 14.7. The van der Waals surface area contributed by atoms with E-state index in [0.717, 1.165) is 19.6 Å². The van der Waals surface area contributed by atoms with Crippen molar-refractivity contribution in [3.63, 3.8) is 0 Å². The Labute approximate surface area is 140 Å². The van der Waals surface area contributed by atoms with Crippen LogP contribution in [0.3, 0.4) is 0 Å². The summed E-state index contributed by atoms with van der Waals surface area (Å²) in [6.45, 7) is 5.88. The number of benzene rings is 2. The molecule has 2 aromatic carbocycles. The van der Waals surface area contributed by atoms with Crippen molar-refractivity contribution in [1.82, 2.24) is 4.90 Å². The highest BCUT2D eigenvalue weighted by Gasteiger charge is 2.06. The van der Waals surface area contributed by atoms with Gasteiger partial charge in [0, 0.05) is 40.0 Å². The van der Waals surface area contributed by atoms with Gasteiger partial charge in [0.25, 0.3) is 0 Å². The van der Waals surface area contributed by atoms with Crippen molar-refractivity contribution >= 4 is 5.69 Å². The average molecular weight is 312 g/mol. The molecule has 0 aliphatic heterocycles. The van der Waals surface area contributed by atoms with Crippen molar-refractivity contribution in [3.05, 3.63) is 65.2 Å². The summed E-state index contributed by atoms with van der Waals surface area (Å²) in [6, 6.07) is 17.5. The molecular weight excluding hydrogens is 284 g/mol. The molecule has 23 heavy (non-hydrogen) atoms. The van der Waals surface area contributed by atoms with Gasteiger partial charge in [-0.25, -0.2) is 0 Å². The molecule has 0 bridgehead atoms. The Morgan fingerprint density at radius 3 is 1.70 bits per heavy atom. The normalized spacial score (nSPS) is 11.0. The largest absolute Gasteiger partial charge is 0.380 e. The summed E-state index contributed by atoms with van der Waals surface area (Å²) in [6.07, 6.45) is 0. The minimum absolute atomic E-state index is 0.677. The maximum Gasteiger partial charge on any atom is 0.0713 e. The molecule has 0 saturated heterocycles. The predicted molar refractivity (Wildman–Crippen MR) is 97.7 cm³/mol. The maximum atomic E-state index is 5.16. The first-order valence-corrected chi connectivity index (χ1v) is 8.17. The molecular formula is C20H28N2O. The zero-order valence-electron chi connectivity index (χ0n) is 14.7. The Balaban J connectivity index is 1.96. The van der Waals surface area contributed by atoms with E-state index in [1.165, 1.54) is 22.4 Å². The van der Waals surface area contributed by atoms with Gasteiger partial charge >= 0.3 is 0 Å². The molecule has 0 aliphatic rings. The number of nitrogens with zero attached hydrogens (tertiary/aromatic N) is 2. The number of hydrogen-bond acceptors (Lipinski definition) is 3. The lowest BCUT2D eigenvalue weighted by Crippen LogP contribution is -2.22. The minimum atomic E-state index is 0.677. The van der Waals surface area contributed by atoms with Crippen LogP contribution in [0.25, 0.3) is 0 Å². The van der Waals surface area contributed by atoms with Gasteiger partial charge in [-0.3, -0.25) is 4.90 Å². The van der Waals surface area contributed by atoms with Gasteiger partial charge in [0.2, 0.25) is 0 Å². The number of anilines is 1. The molecule has 0 aliphatic carbocycles. The number of hydrogen-bond donors (Lipinski definition) is 0. The monoisotopic (exact) mass is 312 g/mol. The Bertz CT molecular complexity index is 576. The summed E-state index contributed by atoms with van der Waals surface area (Å²) in [7, 11) is 5.87. The quantitative estimate of drug-likeness (QED) is 0.735. The molecule has 0 amide bonds. The van der Waals surface area contributed by atoms with Crippen LogP contribution >= 0.6 is 0 Å². The Hall–Kier alpha value is -1.84. The third-order valence-electron chi connectivity index (χ3n) is 4.05. The van der Waals surface area contributed by atoms with Crippen molar-refractivity contribution in [2.75, 3.05) is 32.6 Å². The molecule has 2 aromatic rings. The topological polar surface area (TPSA) is 15.7 Å². The minimum Gasteiger partial charge on any atom is -0.380 e. The highest BCUT2D eigenvalue weighted by molar-refractivity contribution is 5.45. The van der Waals surface area contributed by atoms with Crippen LogP contribution in [0.5, 0.6) is 0 Å². The third-order valence-corrected chi connectivity index (χ3v) is 4.05. The molecule has 2 rings (SSSR count). The first kappa shape index (κ1) is 17.5. The molecule has 0 heterocycles. The van der Waals surface area contributed by atoms with Crippen LogP contribution in [-0.4, -0.2) is 32.6 Å². The van der Waals surface area contributed by atoms with Crippen LogP contribution in [0, 0.1) is 0 Å². The van der Waals surface area contributed by atoms with Crippen molar-refractivity contribution < 1.29 is 4.74 Å². The van der Waals surface area contributed by atoms with Crippen molar-refractivity contribution in [3.8, 4) is 0 Å². The van der Waals surface area contributed by atoms with Crippen LogP contribution in [0.4, 0.5) is 5.69 Å². The fourth-order valence-electron chi connectivity index (χ4n) is 2.60. The molecule has 3 nitrogen and oxygen atoms in total. The van der Waals surface area contributed by atoms with E-state index in [-0.39, 0.29) is 0 Å². The molecule has 0 fully saturated rings. The Morgan fingerprint density at radius 1 is 0.783 bits per heavy atom. The summed E-state index contributed by atoms with van der Waals surface area (Å²) in [4.78, 5) is 4.58. The van der Waals surface area contributed by atoms with Gasteiger partial charge in [0.15, 0.2) is 0 Å². The number of ether oxygens (including phenoxy) is 1. The molecule has 0 radical (unpaired) electrons. The summed E-state index contributed by atoms with van der Waals surface area (Å²) in [5.74, 6) is 0. The summed E-state index contributed by atoms with van der Waals surface area (Å²) < 4.78 is 5.16. The molecule has 0 N–H and O–H groups in total. The van der Waals surface area contributed by atoms with Gasteiger partial charge in [-0.15, -0.1) is 0 Å². The summed E-state index contributed by atoms with van der Waals surface area (Å²) >= 11 is 0. The third kappa shape index (κ3) is 5.38. The van der Waals surface area contributed by atoms with Gasteiger partial charge in [-0.2, -0.15) is 0 Å². The smallest absolute Gasteiger partial charge is 0.0713 e. The van der Waals surface area contributed by atoms with Gasteiger partial charge < -0.3 is 9.64 Å². The predicted octanol–water partition coefficient (Wildman–Crippen LogP) is 3.92. The van der Waals surface area contributed by atoms with E-state index in [1.54, 1.807) is 7.11 Å². The van der Waals surface area contributed by atoms with Crippen LogP contribution in [0.2, 0.25) is 0 Å². The van der Waals surface area contributed by atoms with E-state index >= 15 is 0 Å². The second kappa shape index (κ2) is 8.70. The van der Waals surface area contributed by atoms with Crippen LogP contribution in [-0.2, 0) is 24.4 Å². The van der Waals surface area contributed by atoms with Crippen LogP contribution in [0.1, 0.15) is 23.6 Å². The highest BCUT2D eigenvalue weighted by Crippen LogP contribution is 2.15. The van der Waals surface area contributed by atoms with E-state index < -0.39 is 0 Å². The molecule has 0 unspecified atom stereocenters. The molecule has 0 saturated carbocycles. The number of rotatable bonds is 8. The summed E-state index contributed by atoms with van der Waals surface area (Å²) in [5.41, 5.74) is 5.16. The van der Waals surface area contributed by atoms with E-state index in [1.807, 2.05) is 0 Å². The van der Waals surface area contributed by atoms with E-state index in [0.29, 0.717) is 6.61 Å². The fourth-order valence-corrected chi connectivity index (χ4v) is 2.60. The molecule has 124 valence electrons. The molecule has 0 atom stereocenters. The van der Waals surface area contributed by atoms with Crippen molar-refractivity contribution in [2.45, 2.75) is 26.6 Å². The maximum absolute atomic E-state index is 5.16. The fraction of sp³-hybridized carbons (Fsp3) is 0.400. The zero-order chi connectivity index (χ0) is 16.7. The molecule has 0 spiro atoms. The van der Waals surface area contributed by atoms with Gasteiger partial charge in [-0.1, -0.05) is 43.3 Å². The second-order valence-electron chi connectivity index (χ2n) is 6.11. The van der Waals surface area contributed by atoms with Crippen molar-refractivity contribution in [2.24, 2.45) is 0 Å². The second-order valence-corrected chi connectivity index (χ2v) is 6.11. The molecule has 0 aromatic heterocycles. The highest BCUT2D eigenvalue weighted by atomic mass is 16.5. The Kier molecular flexibility index (Phi) is 6.63. The summed E-state index contributed by atoms with van der Waals surface area (Å²) in [5, 5.41) is 0. The standard InChI is InChI=1S/C20H28N2O/c1-5-22(14-17-6-8-19(9-7-17)16-23-4)15-18-10-12-20(13-11-18)21(2)3/h6-13H,5,14-16H2,1-4H3. The first-order chi connectivity index (χ1) is 11.1. The van der Waals surface area contributed by atoms with Gasteiger partial charge in [-0.05, 0) is 35.4 Å². The number of methoxy groups -OCH3 is 1.